The quantitative estimate of drug-likeness (QED) is 0.761. The van der Waals surface area contributed by atoms with Gasteiger partial charge in [-0.2, -0.15) is 0 Å². The van der Waals surface area contributed by atoms with E-state index in [1.165, 1.54) is 7.11 Å². The summed E-state index contributed by atoms with van der Waals surface area (Å²) in [5.74, 6) is 0. The minimum absolute atomic E-state index is 0.532. The van der Waals surface area contributed by atoms with Crippen molar-refractivity contribution in [3.63, 3.8) is 0 Å². The number of hydrogen-bond acceptors (Lipinski definition) is 4. The van der Waals surface area contributed by atoms with Gasteiger partial charge >= 0.3 is 6.09 Å². The highest BCUT2D eigenvalue weighted by atomic mass is 31.2. The van der Waals surface area contributed by atoms with Crippen molar-refractivity contribution >= 4 is 29.8 Å². The second kappa shape index (κ2) is 7.87. The van der Waals surface area contributed by atoms with Crippen molar-refractivity contribution in [3.8, 4) is 0 Å². The number of anilines is 1. The molecule has 2 rings (SSSR count). The summed E-state index contributed by atoms with van der Waals surface area (Å²) >= 11 is 0. The number of rotatable bonds is 4. The van der Waals surface area contributed by atoms with E-state index in [1.54, 1.807) is 45.0 Å². The highest BCUT2D eigenvalue weighted by Crippen LogP contribution is 2.46. The van der Waals surface area contributed by atoms with E-state index in [4.69, 9.17) is 9.26 Å². The summed E-state index contributed by atoms with van der Waals surface area (Å²) in [5, 5.41) is 3.98. The van der Waals surface area contributed by atoms with E-state index in [-0.39, 0.29) is 0 Å². The van der Waals surface area contributed by atoms with Crippen LogP contribution in [0.5, 0.6) is 0 Å². The lowest BCUT2D eigenvalue weighted by molar-refractivity contribution is 0.0636. The van der Waals surface area contributed by atoms with Gasteiger partial charge in [0.25, 0.3) is 7.37 Å². The summed E-state index contributed by atoms with van der Waals surface area (Å²) in [6, 6.07) is 10.8. The van der Waals surface area contributed by atoms with Gasteiger partial charge in [0.1, 0.15) is 5.60 Å². The second-order valence-electron chi connectivity index (χ2n) is 7.66. The molecule has 5 nitrogen and oxygen atoms in total. The number of carbonyl (C=O) groups is 1. The molecule has 0 fully saturated rings. The average Bonchev–Trinajstić information content (AvgIpc) is 2.52. The van der Waals surface area contributed by atoms with E-state index in [9.17, 15) is 9.36 Å². The molecule has 2 aromatic rings. The first-order valence-electron chi connectivity index (χ1n) is 8.81. The Morgan fingerprint density at radius 2 is 1.52 bits per heavy atom. The van der Waals surface area contributed by atoms with Gasteiger partial charge in [-0.25, -0.2) is 4.79 Å². The van der Waals surface area contributed by atoms with Gasteiger partial charge in [0.15, 0.2) is 0 Å². The molecule has 6 heteroatoms. The Hall–Kier alpha value is -2.10. The van der Waals surface area contributed by atoms with Crippen molar-refractivity contribution in [3.05, 3.63) is 53.1 Å². The zero-order chi connectivity index (χ0) is 20.4. The molecule has 0 heterocycles. The van der Waals surface area contributed by atoms with Crippen molar-refractivity contribution in [2.24, 2.45) is 0 Å². The van der Waals surface area contributed by atoms with Crippen LogP contribution in [0.2, 0.25) is 0 Å². The van der Waals surface area contributed by atoms with E-state index >= 15 is 0 Å². The van der Waals surface area contributed by atoms with Gasteiger partial charge in [-0.3, -0.25) is 9.88 Å². The fourth-order valence-corrected chi connectivity index (χ4v) is 5.38. The molecule has 1 unspecified atom stereocenters. The highest BCUT2D eigenvalue weighted by molar-refractivity contribution is 7.74. The van der Waals surface area contributed by atoms with Crippen LogP contribution in [0, 0.1) is 20.8 Å². The molecule has 0 saturated carbocycles. The summed E-state index contributed by atoms with van der Waals surface area (Å²) < 4.78 is 24.5. The number of amides is 1. The first-order chi connectivity index (χ1) is 12.5. The van der Waals surface area contributed by atoms with Crippen molar-refractivity contribution < 1.29 is 18.6 Å². The Kier molecular flexibility index (Phi) is 6.18. The first kappa shape index (κ1) is 21.2. The highest BCUT2D eigenvalue weighted by Gasteiger charge is 2.31. The predicted octanol–water partition coefficient (Wildman–Crippen LogP) is 4.83. The third kappa shape index (κ3) is 5.00. The van der Waals surface area contributed by atoms with Gasteiger partial charge in [-0.05, 0) is 76.9 Å². The average molecular weight is 389 g/mol. The van der Waals surface area contributed by atoms with Crippen LogP contribution in [0.1, 0.15) is 37.5 Å². The third-order valence-corrected chi connectivity index (χ3v) is 6.83. The van der Waals surface area contributed by atoms with Gasteiger partial charge in [0.05, 0.1) is 0 Å². The van der Waals surface area contributed by atoms with Gasteiger partial charge in [-0.1, -0.05) is 17.7 Å². The van der Waals surface area contributed by atoms with Crippen LogP contribution >= 0.6 is 7.37 Å². The Balaban J connectivity index is 2.34. The molecular weight excluding hydrogens is 361 g/mol. The molecule has 1 atom stereocenters. The molecule has 0 saturated heterocycles. The predicted molar refractivity (Wildman–Crippen MR) is 111 cm³/mol. The summed E-state index contributed by atoms with van der Waals surface area (Å²) in [6.45, 7) is 11.3. The molecule has 0 aliphatic heterocycles. The van der Waals surface area contributed by atoms with Gasteiger partial charge < -0.3 is 9.26 Å². The number of benzene rings is 2. The largest absolute Gasteiger partial charge is 0.444 e. The van der Waals surface area contributed by atoms with E-state index in [0.717, 1.165) is 22.0 Å². The lowest BCUT2D eigenvalue weighted by Crippen LogP contribution is -2.27. The molecule has 0 aliphatic carbocycles. The van der Waals surface area contributed by atoms with Crippen molar-refractivity contribution in [2.75, 3.05) is 12.4 Å². The minimum atomic E-state index is -3.23. The normalized spacial score (nSPS) is 13.7. The Morgan fingerprint density at radius 3 is 1.96 bits per heavy atom. The van der Waals surface area contributed by atoms with Crippen molar-refractivity contribution in [2.45, 2.75) is 47.1 Å². The Labute approximate surface area is 161 Å². The van der Waals surface area contributed by atoms with Crippen LogP contribution in [0.25, 0.3) is 0 Å². The van der Waals surface area contributed by atoms with Crippen molar-refractivity contribution in [1.82, 2.24) is 0 Å². The van der Waals surface area contributed by atoms with E-state index in [1.807, 2.05) is 32.9 Å². The molecule has 2 aromatic carbocycles. The Morgan fingerprint density at radius 1 is 1.00 bits per heavy atom. The van der Waals surface area contributed by atoms with Gasteiger partial charge in [0, 0.05) is 23.4 Å². The number of nitrogens with one attached hydrogen (secondary N) is 1. The van der Waals surface area contributed by atoms with Gasteiger partial charge in [-0.15, -0.1) is 0 Å². The SMILES string of the molecule is COP(=O)(c1ccc(NC(=O)OC(C)(C)C)cc1)c1c(C)cc(C)cc1C. The second-order valence-corrected chi connectivity index (χ2v) is 10.1. The van der Waals surface area contributed by atoms with Crippen LogP contribution in [0.15, 0.2) is 36.4 Å². The summed E-state index contributed by atoms with van der Waals surface area (Å²) in [5.41, 5.74) is 2.99. The Bertz CT molecular complexity index is 859. The molecule has 27 heavy (non-hydrogen) atoms. The molecule has 0 aromatic heterocycles. The zero-order valence-electron chi connectivity index (χ0n) is 17.0. The van der Waals surface area contributed by atoms with E-state index in [0.29, 0.717) is 11.0 Å². The molecule has 1 amide bonds. The van der Waals surface area contributed by atoms with Crippen LogP contribution in [-0.2, 0) is 13.8 Å². The van der Waals surface area contributed by atoms with Gasteiger partial charge in [0.2, 0.25) is 0 Å². The van der Waals surface area contributed by atoms with Crippen LogP contribution in [0.4, 0.5) is 10.5 Å². The molecule has 1 N–H and O–H groups in total. The summed E-state index contributed by atoms with van der Waals surface area (Å²) in [4.78, 5) is 11.9. The van der Waals surface area contributed by atoms with Crippen LogP contribution in [0.3, 0.4) is 0 Å². The summed E-state index contributed by atoms with van der Waals surface area (Å²) in [7, 11) is -1.77. The molecule has 0 radical (unpaired) electrons. The lowest BCUT2D eigenvalue weighted by atomic mass is 10.1. The number of ether oxygens (including phenoxy) is 1. The fraction of sp³-hybridized carbons (Fsp3) is 0.381. The smallest absolute Gasteiger partial charge is 0.412 e. The molecular formula is C21H28NO4P. The topological polar surface area (TPSA) is 64.6 Å². The lowest BCUT2D eigenvalue weighted by Gasteiger charge is -2.22. The molecule has 0 aliphatic rings. The number of hydrogen-bond donors (Lipinski definition) is 1. The molecule has 0 bridgehead atoms. The maximum atomic E-state index is 13.7. The van der Waals surface area contributed by atoms with E-state index < -0.39 is 19.1 Å². The third-order valence-electron chi connectivity index (χ3n) is 4.04. The fourth-order valence-electron chi connectivity index (χ4n) is 3.13. The summed E-state index contributed by atoms with van der Waals surface area (Å²) in [6.07, 6.45) is -0.532. The standard InChI is InChI=1S/C21H28NO4P/c1-14-12-15(2)19(16(3)13-14)27(24,25-7)18-10-8-17(9-11-18)22-20(23)26-21(4,5)6/h8-13H,1-7H3,(H,22,23). The van der Waals surface area contributed by atoms with E-state index in [2.05, 4.69) is 5.32 Å². The van der Waals surface area contributed by atoms with Crippen molar-refractivity contribution in [1.29, 1.82) is 0 Å². The first-order valence-corrected chi connectivity index (χ1v) is 10.4. The van der Waals surface area contributed by atoms with Crippen LogP contribution in [-0.4, -0.2) is 18.8 Å². The molecule has 146 valence electrons. The maximum absolute atomic E-state index is 13.7. The number of carbonyl (C=O) groups excluding carboxylic acids is 1. The number of aryl methyl sites for hydroxylation is 3. The maximum Gasteiger partial charge on any atom is 0.412 e. The zero-order valence-corrected chi connectivity index (χ0v) is 17.9. The monoisotopic (exact) mass is 389 g/mol. The molecule has 0 spiro atoms. The minimum Gasteiger partial charge on any atom is -0.444 e. The van der Waals surface area contributed by atoms with Crippen LogP contribution < -0.4 is 15.9 Å².